The molecule has 9 heteroatoms. The molecule has 2 aromatic rings. The minimum absolute atomic E-state index is 0.0700. The molecule has 0 atom stereocenters. The zero-order valence-electron chi connectivity index (χ0n) is 10.7. The average molecular weight is 362 g/mol. The van der Waals surface area contributed by atoms with E-state index in [1.54, 1.807) is 19.0 Å². The molecular formula is C11H11BrClFN6. The second-order valence-electron chi connectivity index (χ2n) is 4.08. The minimum atomic E-state index is -0.448. The van der Waals surface area contributed by atoms with Crippen LogP contribution in [-0.2, 0) is 0 Å². The lowest BCUT2D eigenvalue weighted by atomic mass is 10.3. The maximum atomic E-state index is 13.2. The summed E-state index contributed by atoms with van der Waals surface area (Å²) in [6, 6.07) is 2.47. The van der Waals surface area contributed by atoms with E-state index in [0.29, 0.717) is 16.1 Å². The molecule has 1 aromatic carbocycles. The van der Waals surface area contributed by atoms with Gasteiger partial charge in [0.2, 0.25) is 17.8 Å². The first-order valence-corrected chi connectivity index (χ1v) is 6.64. The van der Waals surface area contributed by atoms with Crippen LogP contribution in [0.2, 0.25) is 5.02 Å². The van der Waals surface area contributed by atoms with Crippen LogP contribution in [-0.4, -0.2) is 29.0 Å². The highest BCUT2D eigenvalue weighted by Crippen LogP contribution is 2.33. The van der Waals surface area contributed by atoms with Gasteiger partial charge in [-0.15, -0.1) is 0 Å². The van der Waals surface area contributed by atoms with E-state index >= 15 is 0 Å². The van der Waals surface area contributed by atoms with E-state index in [2.05, 4.69) is 36.2 Å². The first-order chi connectivity index (χ1) is 9.36. The Labute approximate surface area is 128 Å². The van der Waals surface area contributed by atoms with Gasteiger partial charge in [-0.2, -0.15) is 15.0 Å². The Balaban J connectivity index is 2.40. The summed E-state index contributed by atoms with van der Waals surface area (Å²) in [5, 5.41) is 3.09. The predicted molar refractivity (Wildman–Crippen MR) is 81.0 cm³/mol. The highest BCUT2D eigenvalue weighted by molar-refractivity contribution is 9.10. The maximum absolute atomic E-state index is 13.2. The van der Waals surface area contributed by atoms with Crippen LogP contribution in [0.15, 0.2) is 16.6 Å². The van der Waals surface area contributed by atoms with Gasteiger partial charge in [0.25, 0.3) is 0 Å². The van der Waals surface area contributed by atoms with Crippen molar-refractivity contribution in [3.05, 3.63) is 27.4 Å². The van der Waals surface area contributed by atoms with Gasteiger partial charge in [0.15, 0.2) is 0 Å². The summed E-state index contributed by atoms with van der Waals surface area (Å²) in [4.78, 5) is 13.8. The summed E-state index contributed by atoms with van der Waals surface area (Å²) in [6.07, 6.45) is 0. The maximum Gasteiger partial charge on any atom is 0.233 e. The molecule has 1 heterocycles. The molecule has 20 heavy (non-hydrogen) atoms. The number of nitrogen functional groups attached to an aromatic ring is 1. The van der Waals surface area contributed by atoms with Crippen molar-refractivity contribution in [1.29, 1.82) is 0 Å². The van der Waals surface area contributed by atoms with Crippen molar-refractivity contribution in [3.8, 4) is 0 Å². The summed E-state index contributed by atoms with van der Waals surface area (Å²) >= 11 is 9.20. The molecule has 0 fully saturated rings. The summed E-state index contributed by atoms with van der Waals surface area (Å²) in [5.41, 5.74) is 6.07. The molecule has 0 saturated carbocycles. The number of hydrogen-bond acceptors (Lipinski definition) is 6. The largest absolute Gasteiger partial charge is 0.368 e. The molecule has 0 aliphatic carbocycles. The number of rotatable bonds is 3. The first kappa shape index (κ1) is 14.7. The lowest BCUT2D eigenvalue weighted by Gasteiger charge is -2.13. The topological polar surface area (TPSA) is 80.0 Å². The van der Waals surface area contributed by atoms with Crippen LogP contribution < -0.4 is 16.0 Å². The zero-order chi connectivity index (χ0) is 14.9. The average Bonchev–Trinajstić information content (AvgIpc) is 2.33. The molecule has 1 aromatic heterocycles. The molecule has 106 valence electrons. The lowest BCUT2D eigenvalue weighted by molar-refractivity contribution is 0.627. The number of nitrogens with one attached hydrogen (secondary N) is 1. The molecule has 0 bridgehead atoms. The van der Waals surface area contributed by atoms with Gasteiger partial charge in [0.05, 0.1) is 10.7 Å². The first-order valence-electron chi connectivity index (χ1n) is 5.47. The molecule has 3 N–H and O–H groups in total. The monoisotopic (exact) mass is 360 g/mol. The number of hydrogen-bond donors (Lipinski definition) is 2. The van der Waals surface area contributed by atoms with E-state index in [4.69, 9.17) is 17.3 Å². The summed E-state index contributed by atoms with van der Waals surface area (Å²) < 4.78 is 13.6. The SMILES string of the molecule is CN(C)c1nc(N)nc(Nc2c(Cl)cc(F)cc2Br)n1. The molecule has 0 spiro atoms. The molecule has 0 amide bonds. The fourth-order valence-corrected chi connectivity index (χ4v) is 2.31. The standard InChI is InChI=1S/C11H11BrClFN6/c1-20(2)11-18-9(15)17-10(19-11)16-8-6(12)3-5(14)4-7(8)13/h3-4H,1-2H3,(H3,15,16,17,18,19). The number of benzene rings is 1. The number of nitrogens with two attached hydrogens (primary N) is 1. The van der Waals surface area contributed by atoms with E-state index in [-0.39, 0.29) is 16.9 Å². The Hall–Kier alpha value is -1.67. The highest BCUT2D eigenvalue weighted by atomic mass is 79.9. The molecule has 6 nitrogen and oxygen atoms in total. The Bertz CT molecular complexity index is 628. The van der Waals surface area contributed by atoms with E-state index in [1.165, 1.54) is 12.1 Å². The van der Waals surface area contributed by atoms with Gasteiger partial charge in [-0.3, -0.25) is 0 Å². The van der Waals surface area contributed by atoms with Crippen molar-refractivity contribution in [3.63, 3.8) is 0 Å². The van der Waals surface area contributed by atoms with Crippen LogP contribution in [0.25, 0.3) is 0 Å². The van der Waals surface area contributed by atoms with Crippen LogP contribution in [0.5, 0.6) is 0 Å². The fourth-order valence-electron chi connectivity index (χ4n) is 1.41. The third-order valence-electron chi connectivity index (χ3n) is 2.28. The van der Waals surface area contributed by atoms with Crippen molar-refractivity contribution in [1.82, 2.24) is 15.0 Å². The summed E-state index contributed by atoms with van der Waals surface area (Å²) in [6.45, 7) is 0. The third kappa shape index (κ3) is 3.26. The quantitative estimate of drug-likeness (QED) is 0.875. The van der Waals surface area contributed by atoms with Gasteiger partial charge in [-0.1, -0.05) is 11.6 Å². The van der Waals surface area contributed by atoms with Gasteiger partial charge < -0.3 is 16.0 Å². The Morgan fingerprint density at radius 3 is 2.60 bits per heavy atom. The second-order valence-corrected chi connectivity index (χ2v) is 5.34. The molecule has 0 aliphatic rings. The van der Waals surface area contributed by atoms with Gasteiger partial charge in [-0.05, 0) is 28.1 Å². The van der Waals surface area contributed by atoms with Crippen LogP contribution in [0.1, 0.15) is 0 Å². The van der Waals surface area contributed by atoms with Gasteiger partial charge >= 0.3 is 0 Å². The zero-order valence-corrected chi connectivity index (χ0v) is 13.0. The fraction of sp³-hybridized carbons (Fsp3) is 0.182. The van der Waals surface area contributed by atoms with Crippen molar-refractivity contribution in [2.45, 2.75) is 0 Å². The van der Waals surface area contributed by atoms with Crippen molar-refractivity contribution >= 4 is 51.1 Å². The summed E-state index contributed by atoms with van der Waals surface area (Å²) in [7, 11) is 3.55. The van der Waals surface area contributed by atoms with E-state index in [9.17, 15) is 4.39 Å². The highest BCUT2D eigenvalue weighted by Gasteiger charge is 2.12. The molecule has 2 rings (SSSR count). The van der Waals surface area contributed by atoms with E-state index in [0.717, 1.165) is 0 Å². The molecule has 0 unspecified atom stereocenters. The van der Waals surface area contributed by atoms with E-state index < -0.39 is 5.82 Å². The van der Waals surface area contributed by atoms with Crippen molar-refractivity contribution < 1.29 is 4.39 Å². The van der Waals surface area contributed by atoms with Crippen LogP contribution in [0.3, 0.4) is 0 Å². The number of nitrogens with zero attached hydrogens (tertiary/aromatic N) is 4. The Morgan fingerprint density at radius 2 is 2.00 bits per heavy atom. The number of aromatic nitrogens is 3. The minimum Gasteiger partial charge on any atom is -0.368 e. The molecule has 0 radical (unpaired) electrons. The Morgan fingerprint density at radius 1 is 1.30 bits per heavy atom. The normalized spacial score (nSPS) is 10.4. The Kier molecular flexibility index (Phi) is 4.24. The van der Waals surface area contributed by atoms with E-state index in [1.807, 2.05) is 0 Å². The van der Waals surface area contributed by atoms with Crippen LogP contribution >= 0.6 is 27.5 Å². The molecule has 0 saturated heterocycles. The van der Waals surface area contributed by atoms with Gasteiger partial charge in [-0.25, -0.2) is 4.39 Å². The number of anilines is 4. The van der Waals surface area contributed by atoms with Crippen molar-refractivity contribution in [2.75, 3.05) is 30.0 Å². The number of halogens is 3. The molecular weight excluding hydrogens is 351 g/mol. The second kappa shape index (κ2) is 5.76. The van der Waals surface area contributed by atoms with Crippen molar-refractivity contribution in [2.24, 2.45) is 0 Å². The van der Waals surface area contributed by atoms with Crippen LogP contribution in [0, 0.1) is 5.82 Å². The van der Waals surface area contributed by atoms with Gasteiger partial charge in [0, 0.05) is 18.6 Å². The predicted octanol–water partition coefficient (Wildman–Crippen LogP) is 2.82. The smallest absolute Gasteiger partial charge is 0.233 e. The van der Waals surface area contributed by atoms with Gasteiger partial charge in [0.1, 0.15) is 5.82 Å². The van der Waals surface area contributed by atoms with Crippen LogP contribution in [0.4, 0.5) is 27.9 Å². The lowest BCUT2D eigenvalue weighted by Crippen LogP contribution is -2.15. The summed E-state index contributed by atoms with van der Waals surface area (Å²) in [5.74, 6) is 0.238. The molecule has 0 aliphatic heterocycles. The third-order valence-corrected chi connectivity index (χ3v) is 3.21.